The van der Waals surface area contributed by atoms with Crippen molar-refractivity contribution in [1.82, 2.24) is 4.90 Å². The Morgan fingerprint density at radius 3 is 2.56 bits per heavy atom. The molecule has 0 fully saturated rings. The minimum absolute atomic E-state index is 0.0665. The molecule has 0 radical (unpaired) electrons. The summed E-state index contributed by atoms with van der Waals surface area (Å²) in [5.41, 5.74) is 3.86. The number of rotatable bonds is 5. The summed E-state index contributed by atoms with van der Waals surface area (Å²) in [6.45, 7) is 4.74. The van der Waals surface area contributed by atoms with Crippen LogP contribution >= 0.6 is 0 Å². The van der Waals surface area contributed by atoms with Gasteiger partial charge in [-0.2, -0.15) is 5.26 Å². The van der Waals surface area contributed by atoms with Gasteiger partial charge in [0.25, 0.3) is 5.91 Å². The Kier molecular flexibility index (Phi) is 5.15. The normalized spacial score (nSPS) is 11.4. The Labute approximate surface area is 107 Å². The van der Waals surface area contributed by atoms with E-state index in [-0.39, 0.29) is 11.8 Å². The number of amides is 1. The van der Waals surface area contributed by atoms with Crippen LogP contribution < -0.4 is 11.3 Å². The van der Waals surface area contributed by atoms with Crippen LogP contribution in [0, 0.1) is 17.2 Å². The zero-order chi connectivity index (χ0) is 13.5. The van der Waals surface area contributed by atoms with Crippen molar-refractivity contribution in [2.75, 3.05) is 18.5 Å². The van der Waals surface area contributed by atoms with Gasteiger partial charge >= 0.3 is 0 Å². The van der Waals surface area contributed by atoms with Gasteiger partial charge in [-0.05, 0) is 38.1 Å². The van der Waals surface area contributed by atoms with Crippen LogP contribution in [0.25, 0.3) is 0 Å². The smallest absolute Gasteiger partial charge is 0.253 e. The second-order valence-electron chi connectivity index (χ2n) is 4.10. The third-order valence-electron chi connectivity index (χ3n) is 2.68. The van der Waals surface area contributed by atoms with Gasteiger partial charge in [-0.3, -0.25) is 10.6 Å². The van der Waals surface area contributed by atoms with Gasteiger partial charge in [-0.1, -0.05) is 0 Å². The molecule has 1 aromatic rings. The molecule has 0 bridgehead atoms. The molecule has 0 aliphatic carbocycles. The lowest BCUT2D eigenvalue weighted by Gasteiger charge is -2.22. The van der Waals surface area contributed by atoms with E-state index < -0.39 is 0 Å². The number of nitrogens with zero attached hydrogens (tertiary/aromatic N) is 2. The fourth-order valence-corrected chi connectivity index (χ4v) is 1.62. The number of anilines is 1. The van der Waals surface area contributed by atoms with Gasteiger partial charge in [0.15, 0.2) is 0 Å². The molecule has 0 aromatic heterocycles. The molecule has 0 aliphatic rings. The van der Waals surface area contributed by atoms with Crippen molar-refractivity contribution in [2.24, 2.45) is 11.8 Å². The average Bonchev–Trinajstić information content (AvgIpc) is 2.43. The number of benzene rings is 1. The summed E-state index contributed by atoms with van der Waals surface area (Å²) in [6.07, 6.45) is 0. The lowest BCUT2D eigenvalue weighted by Crippen LogP contribution is -2.34. The predicted molar refractivity (Wildman–Crippen MR) is 70.6 cm³/mol. The molecule has 1 atom stereocenters. The average molecular weight is 246 g/mol. The summed E-state index contributed by atoms with van der Waals surface area (Å²) >= 11 is 0. The summed E-state index contributed by atoms with van der Waals surface area (Å²) in [4.78, 5) is 13.9. The van der Waals surface area contributed by atoms with Crippen molar-refractivity contribution < 1.29 is 4.79 Å². The van der Waals surface area contributed by atoms with E-state index in [1.807, 2.05) is 6.92 Å². The molecular weight excluding hydrogens is 228 g/mol. The molecule has 1 unspecified atom stereocenters. The van der Waals surface area contributed by atoms with Crippen LogP contribution in [0.1, 0.15) is 24.2 Å². The highest BCUT2D eigenvalue weighted by molar-refractivity contribution is 5.94. The van der Waals surface area contributed by atoms with Gasteiger partial charge in [-0.15, -0.1) is 0 Å². The molecule has 18 heavy (non-hydrogen) atoms. The maximum Gasteiger partial charge on any atom is 0.253 e. The largest absolute Gasteiger partial charge is 0.338 e. The summed E-state index contributed by atoms with van der Waals surface area (Å²) in [5.74, 6) is 5.03. The summed E-state index contributed by atoms with van der Waals surface area (Å²) in [7, 11) is 0. The summed E-state index contributed by atoms with van der Waals surface area (Å²) < 4.78 is 0. The molecule has 0 aliphatic heterocycles. The topological polar surface area (TPSA) is 82.2 Å². The highest BCUT2D eigenvalue weighted by atomic mass is 16.2. The number of nitrogens with two attached hydrogens (primary N) is 1. The molecular formula is C13H18N4O. The van der Waals surface area contributed by atoms with Crippen LogP contribution in [0.4, 0.5) is 5.69 Å². The molecule has 0 saturated heterocycles. The van der Waals surface area contributed by atoms with Gasteiger partial charge in [0, 0.05) is 24.3 Å². The van der Waals surface area contributed by atoms with E-state index in [2.05, 4.69) is 11.5 Å². The molecule has 5 heteroatoms. The maximum absolute atomic E-state index is 12.2. The van der Waals surface area contributed by atoms with E-state index in [1.165, 1.54) is 0 Å². The van der Waals surface area contributed by atoms with E-state index in [0.29, 0.717) is 18.7 Å². The van der Waals surface area contributed by atoms with Crippen LogP contribution in [0.5, 0.6) is 0 Å². The van der Waals surface area contributed by atoms with E-state index in [1.54, 1.807) is 36.1 Å². The Hall–Kier alpha value is -2.06. The maximum atomic E-state index is 12.2. The van der Waals surface area contributed by atoms with Crippen molar-refractivity contribution >= 4 is 11.6 Å². The first-order valence-electron chi connectivity index (χ1n) is 5.88. The first-order valence-corrected chi connectivity index (χ1v) is 5.88. The molecule has 1 aromatic carbocycles. The Bertz CT molecular complexity index is 435. The molecule has 96 valence electrons. The van der Waals surface area contributed by atoms with Crippen LogP contribution in [-0.2, 0) is 0 Å². The molecule has 1 rings (SSSR count). The highest BCUT2D eigenvalue weighted by Crippen LogP contribution is 2.11. The molecule has 0 spiro atoms. The van der Waals surface area contributed by atoms with Crippen LogP contribution in [0.2, 0.25) is 0 Å². The van der Waals surface area contributed by atoms with E-state index in [4.69, 9.17) is 11.1 Å². The fraction of sp³-hybridized carbons (Fsp3) is 0.385. The number of hydrogen-bond donors (Lipinski definition) is 2. The quantitative estimate of drug-likeness (QED) is 0.610. The lowest BCUT2D eigenvalue weighted by atomic mass is 10.1. The number of hydrazine groups is 1. The van der Waals surface area contributed by atoms with Crippen LogP contribution in [-0.4, -0.2) is 23.9 Å². The zero-order valence-electron chi connectivity index (χ0n) is 10.7. The van der Waals surface area contributed by atoms with Crippen LogP contribution in [0.15, 0.2) is 24.3 Å². The van der Waals surface area contributed by atoms with Crippen molar-refractivity contribution in [1.29, 1.82) is 5.26 Å². The predicted octanol–water partition coefficient (Wildman–Crippen LogP) is 1.59. The minimum atomic E-state index is -0.168. The standard InChI is InChI=1S/C13H18N4O/c1-3-17(9-10(2)8-14)13(18)11-4-6-12(16-15)7-5-11/h4-7,10,16H,3,9,15H2,1-2H3. The molecule has 1 amide bonds. The minimum Gasteiger partial charge on any atom is -0.338 e. The van der Waals surface area contributed by atoms with Crippen molar-refractivity contribution in [2.45, 2.75) is 13.8 Å². The monoisotopic (exact) mass is 246 g/mol. The van der Waals surface area contributed by atoms with Gasteiger partial charge in [0.1, 0.15) is 0 Å². The van der Waals surface area contributed by atoms with E-state index in [0.717, 1.165) is 5.69 Å². The van der Waals surface area contributed by atoms with Crippen molar-refractivity contribution in [3.05, 3.63) is 29.8 Å². The molecule has 0 saturated carbocycles. The summed E-state index contributed by atoms with van der Waals surface area (Å²) in [5, 5.41) is 8.79. The van der Waals surface area contributed by atoms with E-state index in [9.17, 15) is 4.79 Å². The number of carbonyl (C=O) groups excluding carboxylic acids is 1. The third-order valence-corrected chi connectivity index (χ3v) is 2.68. The first-order chi connectivity index (χ1) is 8.62. The number of hydrogen-bond acceptors (Lipinski definition) is 4. The Balaban J connectivity index is 2.80. The number of nitrogens with one attached hydrogen (secondary N) is 1. The van der Waals surface area contributed by atoms with Crippen molar-refractivity contribution in [3.63, 3.8) is 0 Å². The molecule has 5 nitrogen and oxygen atoms in total. The Morgan fingerprint density at radius 1 is 1.50 bits per heavy atom. The van der Waals surface area contributed by atoms with E-state index >= 15 is 0 Å². The Morgan fingerprint density at radius 2 is 2.11 bits per heavy atom. The van der Waals surface area contributed by atoms with Gasteiger partial charge in [0.05, 0.1) is 12.0 Å². The van der Waals surface area contributed by atoms with Gasteiger partial charge in [0.2, 0.25) is 0 Å². The van der Waals surface area contributed by atoms with Crippen LogP contribution in [0.3, 0.4) is 0 Å². The SMILES string of the molecule is CCN(CC(C)C#N)C(=O)c1ccc(NN)cc1. The third kappa shape index (κ3) is 3.47. The zero-order valence-corrected chi connectivity index (χ0v) is 10.7. The summed E-state index contributed by atoms with van der Waals surface area (Å²) in [6, 6.07) is 9.06. The highest BCUT2D eigenvalue weighted by Gasteiger charge is 2.16. The van der Waals surface area contributed by atoms with Crippen molar-refractivity contribution in [3.8, 4) is 6.07 Å². The second-order valence-corrected chi connectivity index (χ2v) is 4.10. The van der Waals surface area contributed by atoms with Gasteiger partial charge in [-0.25, -0.2) is 0 Å². The number of carbonyl (C=O) groups is 1. The second kappa shape index (κ2) is 6.62. The fourth-order valence-electron chi connectivity index (χ4n) is 1.62. The first kappa shape index (κ1) is 14.0. The van der Waals surface area contributed by atoms with Gasteiger partial charge < -0.3 is 10.3 Å². The number of nitrogen functional groups attached to an aromatic ring is 1. The lowest BCUT2D eigenvalue weighted by molar-refractivity contribution is 0.0753. The molecule has 0 heterocycles. The number of nitriles is 1. The molecule has 3 N–H and O–H groups in total.